The highest BCUT2D eigenvalue weighted by atomic mass is 79.9. The molecule has 0 aliphatic heterocycles. The first kappa shape index (κ1) is 12.1. The van der Waals surface area contributed by atoms with Gasteiger partial charge in [0.15, 0.2) is 0 Å². The number of nitriles is 1. The minimum atomic E-state index is -1.35. The van der Waals surface area contributed by atoms with E-state index in [0.717, 1.165) is 12.1 Å². The van der Waals surface area contributed by atoms with Crippen LogP contribution in [0, 0.1) is 21.4 Å². The Morgan fingerprint density at radius 1 is 1.62 bits per heavy atom. The van der Waals surface area contributed by atoms with Gasteiger partial charge in [-0.15, -0.1) is 0 Å². The molecule has 16 heavy (non-hydrogen) atoms. The zero-order chi connectivity index (χ0) is 12.3. The quantitative estimate of drug-likeness (QED) is 0.520. The number of carboxylic acid groups (broad SMARTS) is 1. The van der Waals surface area contributed by atoms with E-state index in [2.05, 4.69) is 15.9 Å². The summed E-state index contributed by atoms with van der Waals surface area (Å²) in [5.41, 5.74) is -0.731. The van der Waals surface area contributed by atoms with E-state index in [-0.39, 0.29) is 27.7 Å². The summed E-state index contributed by atoms with van der Waals surface area (Å²) < 4.78 is 0. The van der Waals surface area contributed by atoms with E-state index < -0.39 is 10.9 Å². The van der Waals surface area contributed by atoms with Crippen LogP contribution in [0.15, 0.2) is 12.1 Å². The van der Waals surface area contributed by atoms with E-state index in [0.29, 0.717) is 0 Å². The molecule has 1 aromatic carbocycles. The predicted molar refractivity (Wildman–Crippen MR) is 57.4 cm³/mol. The zero-order valence-corrected chi connectivity index (χ0v) is 9.39. The fraction of sp³-hybridized carbons (Fsp3) is 0.111. The average Bonchev–Trinajstić information content (AvgIpc) is 2.26. The topological polar surface area (TPSA) is 104 Å². The van der Waals surface area contributed by atoms with Gasteiger partial charge in [0.05, 0.1) is 21.6 Å². The smallest absolute Gasteiger partial charge is 0.337 e. The molecule has 1 N–H and O–H groups in total. The van der Waals surface area contributed by atoms with Gasteiger partial charge >= 0.3 is 5.97 Å². The lowest BCUT2D eigenvalue weighted by molar-refractivity contribution is -0.385. The monoisotopic (exact) mass is 284 g/mol. The normalized spacial score (nSPS) is 9.50. The third-order valence-electron chi connectivity index (χ3n) is 1.95. The van der Waals surface area contributed by atoms with Gasteiger partial charge in [0.2, 0.25) is 0 Å². The lowest BCUT2D eigenvalue weighted by atomic mass is 10.0. The Bertz CT molecular complexity index is 507. The summed E-state index contributed by atoms with van der Waals surface area (Å²) >= 11 is 2.98. The van der Waals surface area contributed by atoms with Crippen LogP contribution >= 0.6 is 15.9 Å². The second kappa shape index (κ2) is 4.72. The number of nitrogens with zero attached hydrogens (tertiary/aromatic N) is 2. The van der Waals surface area contributed by atoms with Crippen LogP contribution in [0.2, 0.25) is 0 Å². The molecule has 0 amide bonds. The molecule has 0 unspecified atom stereocenters. The summed E-state index contributed by atoms with van der Waals surface area (Å²) in [6, 6.07) is 3.95. The number of carboxylic acids is 1. The minimum absolute atomic E-state index is 0.000463. The predicted octanol–water partition coefficient (Wildman–Crippen LogP) is 2.06. The summed E-state index contributed by atoms with van der Waals surface area (Å²) in [6.45, 7) is 0. The van der Waals surface area contributed by atoms with Gasteiger partial charge in [-0.3, -0.25) is 10.1 Å². The molecule has 0 heterocycles. The van der Waals surface area contributed by atoms with Crippen LogP contribution in [-0.2, 0) is 5.33 Å². The van der Waals surface area contributed by atoms with Crippen molar-refractivity contribution in [3.8, 4) is 6.07 Å². The van der Waals surface area contributed by atoms with Crippen molar-refractivity contribution in [3.63, 3.8) is 0 Å². The number of alkyl halides is 1. The van der Waals surface area contributed by atoms with Crippen LogP contribution in [0.4, 0.5) is 5.69 Å². The van der Waals surface area contributed by atoms with Gasteiger partial charge in [-0.05, 0) is 6.07 Å². The average molecular weight is 285 g/mol. The molecule has 0 radical (unpaired) electrons. The first-order valence-electron chi connectivity index (χ1n) is 4.02. The molecule has 0 aliphatic rings. The first-order chi connectivity index (χ1) is 7.52. The molecule has 0 atom stereocenters. The van der Waals surface area contributed by atoms with Crippen molar-refractivity contribution in [3.05, 3.63) is 38.9 Å². The van der Waals surface area contributed by atoms with Gasteiger partial charge in [-0.1, -0.05) is 15.9 Å². The number of benzene rings is 1. The van der Waals surface area contributed by atoms with Crippen LogP contribution in [0.25, 0.3) is 0 Å². The van der Waals surface area contributed by atoms with E-state index in [1.807, 2.05) is 0 Å². The van der Waals surface area contributed by atoms with Crippen LogP contribution in [0.3, 0.4) is 0 Å². The van der Waals surface area contributed by atoms with E-state index in [1.165, 1.54) is 0 Å². The van der Waals surface area contributed by atoms with Gasteiger partial charge in [0.1, 0.15) is 6.07 Å². The fourth-order valence-electron chi connectivity index (χ4n) is 1.28. The first-order valence-corrected chi connectivity index (χ1v) is 5.14. The van der Waals surface area contributed by atoms with E-state index in [9.17, 15) is 14.9 Å². The van der Waals surface area contributed by atoms with Gasteiger partial charge in [-0.2, -0.15) is 5.26 Å². The van der Waals surface area contributed by atoms with Crippen LogP contribution < -0.4 is 0 Å². The van der Waals surface area contributed by atoms with Crippen LogP contribution in [-0.4, -0.2) is 16.0 Å². The standard InChI is InChI=1S/C9H5BrN2O4/c10-3-6-7(12(15)16)2-1-5(4-11)8(6)9(13)14/h1-2H,3H2,(H,13,14). The molecule has 82 valence electrons. The van der Waals surface area contributed by atoms with Crippen molar-refractivity contribution >= 4 is 27.6 Å². The van der Waals surface area contributed by atoms with Crippen molar-refractivity contribution in [2.75, 3.05) is 0 Å². The summed E-state index contributed by atoms with van der Waals surface area (Å²) in [7, 11) is 0. The number of carbonyl (C=O) groups is 1. The van der Waals surface area contributed by atoms with Crippen molar-refractivity contribution in [1.29, 1.82) is 5.26 Å². The molecule has 0 aliphatic carbocycles. The lowest BCUT2D eigenvalue weighted by Gasteiger charge is -2.05. The lowest BCUT2D eigenvalue weighted by Crippen LogP contribution is -2.07. The summed E-state index contributed by atoms with van der Waals surface area (Å²) in [5.74, 6) is -1.35. The number of nitro benzene ring substituents is 1. The molecule has 1 aromatic rings. The van der Waals surface area contributed by atoms with Gasteiger partial charge in [-0.25, -0.2) is 4.79 Å². The van der Waals surface area contributed by atoms with Gasteiger partial charge < -0.3 is 5.11 Å². The maximum Gasteiger partial charge on any atom is 0.337 e. The third kappa shape index (κ3) is 2.01. The number of aromatic carboxylic acids is 1. The molecule has 0 bridgehead atoms. The molecule has 1 rings (SSSR count). The maximum atomic E-state index is 10.9. The zero-order valence-electron chi connectivity index (χ0n) is 7.81. The van der Waals surface area contributed by atoms with E-state index in [4.69, 9.17) is 10.4 Å². The fourth-order valence-corrected chi connectivity index (χ4v) is 1.85. The maximum absolute atomic E-state index is 10.9. The number of rotatable bonds is 3. The van der Waals surface area contributed by atoms with Crippen molar-refractivity contribution in [1.82, 2.24) is 0 Å². The number of halogens is 1. The SMILES string of the molecule is N#Cc1ccc([N+](=O)[O-])c(CBr)c1C(=O)O. The largest absolute Gasteiger partial charge is 0.478 e. The molecular weight excluding hydrogens is 280 g/mol. The molecule has 7 heteroatoms. The van der Waals surface area contributed by atoms with Crippen LogP contribution in [0.5, 0.6) is 0 Å². The highest BCUT2D eigenvalue weighted by Gasteiger charge is 2.24. The highest BCUT2D eigenvalue weighted by Crippen LogP contribution is 2.27. The van der Waals surface area contributed by atoms with Crippen molar-refractivity contribution in [2.45, 2.75) is 5.33 Å². The summed E-state index contributed by atoms with van der Waals surface area (Å²) in [4.78, 5) is 20.9. The second-order valence-corrected chi connectivity index (χ2v) is 3.35. The number of nitro groups is 1. The van der Waals surface area contributed by atoms with E-state index in [1.54, 1.807) is 6.07 Å². The second-order valence-electron chi connectivity index (χ2n) is 2.79. The van der Waals surface area contributed by atoms with Crippen LogP contribution in [0.1, 0.15) is 21.5 Å². The van der Waals surface area contributed by atoms with E-state index >= 15 is 0 Å². The number of hydrogen-bond donors (Lipinski definition) is 1. The Kier molecular flexibility index (Phi) is 3.58. The Morgan fingerprint density at radius 3 is 2.62 bits per heavy atom. The van der Waals surface area contributed by atoms with Gasteiger partial charge in [0.25, 0.3) is 5.69 Å². The molecule has 0 saturated heterocycles. The minimum Gasteiger partial charge on any atom is -0.478 e. The Morgan fingerprint density at radius 2 is 2.25 bits per heavy atom. The highest BCUT2D eigenvalue weighted by molar-refractivity contribution is 9.08. The Balaban J connectivity index is 3.64. The molecular formula is C9H5BrN2O4. The van der Waals surface area contributed by atoms with Crippen molar-refractivity contribution < 1.29 is 14.8 Å². The van der Waals surface area contributed by atoms with Crippen molar-refractivity contribution in [2.24, 2.45) is 0 Å². The molecule has 0 aromatic heterocycles. The van der Waals surface area contributed by atoms with Gasteiger partial charge in [0, 0.05) is 11.4 Å². The molecule has 0 fully saturated rings. The summed E-state index contributed by atoms with van der Waals surface area (Å²) in [5, 5.41) is 28.3. The Hall–Kier alpha value is -1.94. The number of hydrogen-bond acceptors (Lipinski definition) is 4. The Labute approximate surface area is 98.4 Å². The summed E-state index contributed by atoms with van der Waals surface area (Å²) in [6.07, 6.45) is 0. The third-order valence-corrected chi connectivity index (χ3v) is 2.51. The molecule has 0 spiro atoms. The molecule has 0 saturated carbocycles. The molecule has 6 nitrogen and oxygen atoms in total.